The number of ether oxygens (including phenoxy) is 1. The van der Waals surface area contributed by atoms with E-state index in [1.165, 1.54) is 12.1 Å². The summed E-state index contributed by atoms with van der Waals surface area (Å²) in [6.45, 7) is 2.25. The number of carbonyl (C=O) groups is 1. The van der Waals surface area contributed by atoms with Crippen LogP contribution in [-0.4, -0.2) is 40.4 Å². The first kappa shape index (κ1) is 15.8. The van der Waals surface area contributed by atoms with Crippen LogP contribution in [0.4, 0.5) is 9.18 Å². The number of nitrogens with one attached hydrogen (secondary N) is 1. The fourth-order valence-electron chi connectivity index (χ4n) is 2.37. The molecular weight excluding hydrogens is 367 g/mol. The SMILES string of the molecule is O=C(NCCn1cc(Br)cn1)N1CCOc2cc(F)ccc2C1. The maximum atomic E-state index is 13.2. The number of nitrogens with zero attached hydrogens (tertiary/aromatic N) is 3. The van der Waals surface area contributed by atoms with Crippen molar-refractivity contribution in [3.05, 3.63) is 46.4 Å². The van der Waals surface area contributed by atoms with Crippen molar-refractivity contribution < 1.29 is 13.9 Å². The van der Waals surface area contributed by atoms with Crippen LogP contribution in [0.2, 0.25) is 0 Å². The third-order valence-corrected chi connectivity index (χ3v) is 3.92. The Labute approximate surface area is 141 Å². The van der Waals surface area contributed by atoms with E-state index in [2.05, 4.69) is 26.3 Å². The highest BCUT2D eigenvalue weighted by Crippen LogP contribution is 2.23. The lowest BCUT2D eigenvalue weighted by molar-refractivity contribution is 0.187. The van der Waals surface area contributed by atoms with Gasteiger partial charge >= 0.3 is 6.03 Å². The number of fused-ring (bicyclic) bond motifs is 1. The minimum atomic E-state index is -0.341. The number of amides is 2. The van der Waals surface area contributed by atoms with Crippen LogP contribution < -0.4 is 10.1 Å². The highest BCUT2D eigenvalue weighted by atomic mass is 79.9. The number of carbonyl (C=O) groups excluding carboxylic acids is 1. The van der Waals surface area contributed by atoms with Crippen molar-refractivity contribution >= 4 is 22.0 Å². The fraction of sp³-hybridized carbons (Fsp3) is 0.333. The summed E-state index contributed by atoms with van der Waals surface area (Å²) in [5.74, 6) is 0.161. The molecule has 1 aromatic heterocycles. The van der Waals surface area contributed by atoms with E-state index >= 15 is 0 Å². The minimum absolute atomic E-state index is 0.169. The van der Waals surface area contributed by atoms with E-state index in [-0.39, 0.29) is 11.8 Å². The molecule has 0 radical (unpaired) electrons. The Morgan fingerprint density at radius 2 is 2.35 bits per heavy atom. The van der Waals surface area contributed by atoms with Gasteiger partial charge in [0.15, 0.2) is 0 Å². The summed E-state index contributed by atoms with van der Waals surface area (Å²) >= 11 is 3.33. The predicted octanol–water partition coefficient (Wildman–Crippen LogP) is 2.39. The standard InChI is InChI=1S/C15H16BrFN4O2/c16-12-8-19-21(10-12)4-3-18-15(22)20-5-6-23-14-7-13(17)2-1-11(14)9-20/h1-2,7-8,10H,3-6,9H2,(H,18,22). The van der Waals surface area contributed by atoms with E-state index in [4.69, 9.17) is 4.74 Å². The number of rotatable bonds is 3. The van der Waals surface area contributed by atoms with Crippen LogP contribution in [0.15, 0.2) is 35.1 Å². The predicted molar refractivity (Wildman–Crippen MR) is 85.6 cm³/mol. The van der Waals surface area contributed by atoms with Crippen LogP contribution in [-0.2, 0) is 13.1 Å². The normalized spacial score (nSPS) is 13.9. The Balaban J connectivity index is 1.56. The summed E-state index contributed by atoms with van der Waals surface area (Å²) in [4.78, 5) is 13.9. The largest absolute Gasteiger partial charge is 0.491 e. The zero-order valence-electron chi connectivity index (χ0n) is 12.3. The Hall–Kier alpha value is -2.09. The van der Waals surface area contributed by atoms with Crippen molar-refractivity contribution in [1.82, 2.24) is 20.0 Å². The summed E-state index contributed by atoms with van der Waals surface area (Å²) in [6, 6.07) is 4.21. The monoisotopic (exact) mass is 382 g/mol. The topological polar surface area (TPSA) is 59.4 Å². The lowest BCUT2D eigenvalue weighted by Gasteiger charge is -2.20. The van der Waals surface area contributed by atoms with Gasteiger partial charge < -0.3 is 15.0 Å². The summed E-state index contributed by atoms with van der Waals surface area (Å²) in [5.41, 5.74) is 0.801. The van der Waals surface area contributed by atoms with Crippen molar-refractivity contribution in [3.8, 4) is 5.75 Å². The molecule has 0 aliphatic carbocycles. The van der Waals surface area contributed by atoms with Gasteiger partial charge in [0.05, 0.1) is 30.3 Å². The van der Waals surface area contributed by atoms with Crippen molar-refractivity contribution in [3.63, 3.8) is 0 Å². The molecule has 122 valence electrons. The number of aromatic nitrogens is 2. The maximum Gasteiger partial charge on any atom is 0.317 e. The van der Waals surface area contributed by atoms with Gasteiger partial charge in [0.1, 0.15) is 18.2 Å². The first-order valence-electron chi connectivity index (χ1n) is 7.24. The molecule has 2 aromatic rings. The highest BCUT2D eigenvalue weighted by molar-refractivity contribution is 9.10. The number of hydrogen-bond acceptors (Lipinski definition) is 3. The second-order valence-corrected chi connectivity index (χ2v) is 6.09. The van der Waals surface area contributed by atoms with Crippen LogP contribution in [0.25, 0.3) is 0 Å². The molecule has 1 aromatic carbocycles. The molecule has 2 amide bonds. The van der Waals surface area contributed by atoms with Crippen LogP contribution >= 0.6 is 15.9 Å². The molecule has 1 aliphatic rings. The molecule has 1 N–H and O–H groups in total. The Morgan fingerprint density at radius 3 is 3.13 bits per heavy atom. The molecule has 3 rings (SSSR count). The second kappa shape index (κ2) is 6.99. The van der Waals surface area contributed by atoms with Crippen molar-refractivity contribution in [2.24, 2.45) is 0 Å². The van der Waals surface area contributed by atoms with Crippen molar-refractivity contribution in [2.75, 3.05) is 19.7 Å². The third-order valence-electron chi connectivity index (χ3n) is 3.52. The first-order valence-corrected chi connectivity index (χ1v) is 8.03. The van der Waals surface area contributed by atoms with Gasteiger partial charge in [-0.1, -0.05) is 6.07 Å². The van der Waals surface area contributed by atoms with Crippen LogP contribution in [0.1, 0.15) is 5.56 Å². The average molecular weight is 383 g/mol. The van der Waals surface area contributed by atoms with E-state index in [9.17, 15) is 9.18 Å². The van der Waals surface area contributed by atoms with E-state index in [1.807, 2.05) is 6.20 Å². The van der Waals surface area contributed by atoms with Crippen molar-refractivity contribution in [1.29, 1.82) is 0 Å². The number of urea groups is 1. The summed E-state index contributed by atoms with van der Waals surface area (Å²) in [6.07, 6.45) is 3.54. The molecule has 0 fully saturated rings. The molecule has 0 saturated carbocycles. The zero-order valence-corrected chi connectivity index (χ0v) is 13.9. The van der Waals surface area contributed by atoms with Crippen LogP contribution in [0.3, 0.4) is 0 Å². The maximum absolute atomic E-state index is 13.2. The Morgan fingerprint density at radius 1 is 1.48 bits per heavy atom. The molecule has 6 nitrogen and oxygen atoms in total. The van der Waals surface area contributed by atoms with Gasteiger partial charge in [0.25, 0.3) is 0 Å². The number of halogens is 2. The van der Waals surface area contributed by atoms with Gasteiger partial charge in [-0.3, -0.25) is 4.68 Å². The van der Waals surface area contributed by atoms with Gasteiger partial charge in [-0.25, -0.2) is 9.18 Å². The third kappa shape index (κ3) is 4.01. The quantitative estimate of drug-likeness (QED) is 0.886. The number of hydrogen-bond donors (Lipinski definition) is 1. The van der Waals surface area contributed by atoms with Crippen molar-refractivity contribution in [2.45, 2.75) is 13.1 Å². The van der Waals surface area contributed by atoms with Crippen LogP contribution in [0.5, 0.6) is 5.75 Å². The van der Waals surface area contributed by atoms with E-state index in [0.29, 0.717) is 38.5 Å². The highest BCUT2D eigenvalue weighted by Gasteiger charge is 2.19. The molecule has 2 heterocycles. The summed E-state index contributed by atoms with van der Waals surface area (Å²) in [5, 5.41) is 6.99. The number of benzene rings is 1. The van der Waals surface area contributed by atoms with Crippen LogP contribution in [0, 0.1) is 5.82 Å². The molecular formula is C15H16BrFN4O2. The van der Waals surface area contributed by atoms with Gasteiger partial charge in [0, 0.05) is 24.4 Å². The molecule has 0 spiro atoms. The van der Waals surface area contributed by atoms with Gasteiger partial charge in [-0.2, -0.15) is 5.10 Å². The second-order valence-electron chi connectivity index (χ2n) is 5.18. The fourth-order valence-corrected chi connectivity index (χ4v) is 2.69. The Bertz CT molecular complexity index is 707. The lowest BCUT2D eigenvalue weighted by atomic mass is 10.2. The van der Waals surface area contributed by atoms with Gasteiger partial charge in [-0.05, 0) is 22.0 Å². The molecule has 8 heteroatoms. The first-order chi connectivity index (χ1) is 11.1. The zero-order chi connectivity index (χ0) is 16.2. The van der Waals surface area contributed by atoms with E-state index in [1.54, 1.807) is 21.8 Å². The minimum Gasteiger partial charge on any atom is -0.491 e. The smallest absolute Gasteiger partial charge is 0.317 e. The van der Waals surface area contributed by atoms with Gasteiger partial charge in [-0.15, -0.1) is 0 Å². The Kier molecular flexibility index (Phi) is 4.80. The lowest BCUT2D eigenvalue weighted by Crippen LogP contribution is -2.41. The summed E-state index contributed by atoms with van der Waals surface area (Å²) in [7, 11) is 0. The molecule has 0 bridgehead atoms. The molecule has 0 atom stereocenters. The summed E-state index contributed by atoms with van der Waals surface area (Å²) < 4.78 is 21.4. The molecule has 0 unspecified atom stereocenters. The molecule has 1 aliphatic heterocycles. The average Bonchev–Trinajstić information content (AvgIpc) is 2.82. The molecule has 23 heavy (non-hydrogen) atoms. The van der Waals surface area contributed by atoms with E-state index < -0.39 is 0 Å². The van der Waals surface area contributed by atoms with E-state index in [0.717, 1.165) is 10.0 Å². The molecule has 0 saturated heterocycles. The van der Waals surface area contributed by atoms with Gasteiger partial charge in [0.2, 0.25) is 0 Å².